The lowest BCUT2D eigenvalue weighted by Gasteiger charge is -2.23. The molecule has 2 aliphatic rings. The lowest BCUT2D eigenvalue weighted by molar-refractivity contribution is 0.101. The second-order valence-electron chi connectivity index (χ2n) is 5.98. The molecule has 5 heteroatoms. The molecule has 0 amide bonds. The highest BCUT2D eigenvalue weighted by Crippen LogP contribution is 2.32. The molecule has 4 nitrogen and oxygen atoms in total. The van der Waals surface area contributed by atoms with Crippen molar-refractivity contribution >= 4 is 22.9 Å². The van der Waals surface area contributed by atoms with Gasteiger partial charge in [-0.15, -0.1) is 0 Å². The highest BCUT2D eigenvalue weighted by molar-refractivity contribution is 7.99. The summed E-state index contributed by atoms with van der Waals surface area (Å²) in [6.45, 7) is 1.91. The first kappa shape index (κ1) is 13.6. The van der Waals surface area contributed by atoms with Gasteiger partial charge < -0.3 is 9.30 Å². The Balaban J connectivity index is 1.70. The molecule has 112 valence electrons. The largest absolute Gasteiger partial charge is 0.370 e. The average molecular weight is 303 g/mol. The number of hydrogen-bond donors (Lipinski definition) is 0. The number of fused-ring (bicyclic) bond motifs is 1. The maximum Gasteiger partial charge on any atom is 0.160 e. The number of thioether (sulfide) groups is 1. The molecule has 0 aliphatic carbocycles. The molecule has 2 saturated heterocycles. The molecule has 0 aromatic carbocycles. The van der Waals surface area contributed by atoms with Gasteiger partial charge in [0.2, 0.25) is 0 Å². The average Bonchev–Trinajstić information content (AvgIpc) is 3.16. The Morgan fingerprint density at radius 2 is 2.19 bits per heavy atom. The van der Waals surface area contributed by atoms with Crippen LogP contribution >= 0.6 is 11.8 Å². The molecule has 1 unspecified atom stereocenters. The van der Waals surface area contributed by atoms with E-state index in [1.54, 1.807) is 0 Å². The Kier molecular flexibility index (Phi) is 3.86. The number of nitrogens with zero attached hydrogens (tertiary/aromatic N) is 3. The second kappa shape index (κ2) is 5.97. The Hall–Kier alpha value is -1.07. The topological polar surface area (TPSA) is 39.9 Å². The van der Waals surface area contributed by atoms with Crippen molar-refractivity contribution < 1.29 is 4.74 Å². The van der Waals surface area contributed by atoms with Crippen LogP contribution in [0.15, 0.2) is 18.3 Å². The Morgan fingerprint density at radius 1 is 1.29 bits per heavy atom. The number of hydrogen-bond acceptors (Lipinski definition) is 4. The first-order chi connectivity index (χ1) is 10.4. The van der Waals surface area contributed by atoms with Gasteiger partial charge in [-0.2, -0.15) is 11.8 Å². The van der Waals surface area contributed by atoms with Gasteiger partial charge in [-0.1, -0.05) is 0 Å². The standard InChI is InChI=1S/C16H21N3OS/c1-3-13-15(17-7-1)19(11-12-5-9-21-10-6-12)16(18-13)14-4-2-8-20-14/h1,3,7,12,14H,2,4-6,8-11H2. The van der Waals surface area contributed by atoms with Gasteiger partial charge in [-0.05, 0) is 55.2 Å². The van der Waals surface area contributed by atoms with E-state index < -0.39 is 0 Å². The number of rotatable bonds is 3. The van der Waals surface area contributed by atoms with Gasteiger partial charge in [0.05, 0.1) is 0 Å². The minimum absolute atomic E-state index is 0.164. The molecule has 2 aromatic heterocycles. The predicted molar refractivity (Wildman–Crippen MR) is 85.5 cm³/mol. The van der Waals surface area contributed by atoms with Crippen LogP contribution in [-0.2, 0) is 11.3 Å². The summed E-state index contributed by atoms with van der Waals surface area (Å²) in [7, 11) is 0. The fourth-order valence-corrected chi connectivity index (χ4v) is 4.57. The third kappa shape index (κ3) is 2.69. The van der Waals surface area contributed by atoms with Gasteiger partial charge in [0.25, 0.3) is 0 Å². The van der Waals surface area contributed by atoms with Crippen molar-refractivity contribution in [3.05, 3.63) is 24.2 Å². The van der Waals surface area contributed by atoms with E-state index >= 15 is 0 Å². The first-order valence-corrected chi connectivity index (χ1v) is 9.08. The van der Waals surface area contributed by atoms with Crippen molar-refractivity contribution in [3.8, 4) is 0 Å². The summed E-state index contributed by atoms with van der Waals surface area (Å²) in [5, 5.41) is 0. The minimum Gasteiger partial charge on any atom is -0.370 e. The number of imidazole rings is 1. The van der Waals surface area contributed by atoms with Crippen LogP contribution in [0.3, 0.4) is 0 Å². The highest BCUT2D eigenvalue weighted by atomic mass is 32.2. The molecule has 4 heterocycles. The summed E-state index contributed by atoms with van der Waals surface area (Å²) in [5.74, 6) is 4.44. The van der Waals surface area contributed by atoms with Gasteiger partial charge >= 0.3 is 0 Å². The van der Waals surface area contributed by atoms with E-state index in [1.807, 2.05) is 12.3 Å². The zero-order valence-corrected chi connectivity index (χ0v) is 13.0. The molecule has 1 atom stereocenters. The fourth-order valence-electron chi connectivity index (χ4n) is 3.37. The van der Waals surface area contributed by atoms with Crippen molar-refractivity contribution in [2.24, 2.45) is 5.92 Å². The molecule has 2 fully saturated rings. The van der Waals surface area contributed by atoms with Crippen LogP contribution in [0.2, 0.25) is 0 Å². The molecule has 21 heavy (non-hydrogen) atoms. The molecule has 0 N–H and O–H groups in total. The van der Waals surface area contributed by atoms with Crippen LogP contribution in [0.4, 0.5) is 0 Å². The van der Waals surface area contributed by atoms with E-state index in [1.165, 1.54) is 24.3 Å². The van der Waals surface area contributed by atoms with Crippen molar-refractivity contribution in [2.45, 2.75) is 38.3 Å². The van der Waals surface area contributed by atoms with E-state index in [0.717, 1.165) is 48.9 Å². The van der Waals surface area contributed by atoms with Gasteiger partial charge in [0.15, 0.2) is 5.65 Å². The van der Waals surface area contributed by atoms with Crippen LogP contribution in [0, 0.1) is 5.92 Å². The predicted octanol–water partition coefficient (Wildman–Crippen LogP) is 3.43. The smallest absolute Gasteiger partial charge is 0.160 e. The fraction of sp³-hybridized carbons (Fsp3) is 0.625. The van der Waals surface area contributed by atoms with Gasteiger partial charge in [-0.25, -0.2) is 9.97 Å². The molecular formula is C16H21N3OS. The van der Waals surface area contributed by atoms with Crippen molar-refractivity contribution in [3.63, 3.8) is 0 Å². The summed E-state index contributed by atoms with van der Waals surface area (Å²) >= 11 is 2.08. The lowest BCUT2D eigenvalue weighted by Crippen LogP contribution is -2.19. The zero-order chi connectivity index (χ0) is 14.1. The molecule has 0 spiro atoms. The molecule has 0 bridgehead atoms. The number of aromatic nitrogens is 3. The third-order valence-corrected chi connectivity index (χ3v) is 5.58. The summed E-state index contributed by atoms with van der Waals surface area (Å²) in [6, 6.07) is 4.03. The van der Waals surface area contributed by atoms with Crippen LogP contribution in [0.1, 0.15) is 37.6 Å². The van der Waals surface area contributed by atoms with E-state index in [4.69, 9.17) is 9.72 Å². The first-order valence-electron chi connectivity index (χ1n) is 7.92. The molecule has 0 saturated carbocycles. The summed E-state index contributed by atoms with van der Waals surface area (Å²) in [6.07, 6.45) is 6.88. The second-order valence-corrected chi connectivity index (χ2v) is 7.21. The van der Waals surface area contributed by atoms with Crippen LogP contribution in [0.5, 0.6) is 0 Å². The van der Waals surface area contributed by atoms with Crippen LogP contribution < -0.4 is 0 Å². The van der Waals surface area contributed by atoms with Crippen molar-refractivity contribution in [1.82, 2.24) is 14.5 Å². The molecule has 2 aromatic rings. The highest BCUT2D eigenvalue weighted by Gasteiger charge is 2.26. The van der Waals surface area contributed by atoms with Crippen molar-refractivity contribution in [1.29, 1.82) is 0 Å². The summed E-state index contributed by atoms with van der Waals surface area (Å²) in [4.78, 5) is 9.41. The minimum atomic E-state index is 0.164. The monoisotopic (exact) mass is 303 g/mol. The number of ether oxygens (including phenoxy) is 1. The molecule has 2 aliphatic heterocycles. The van der Waals surface area contributed by atoms with E-state index in [9.17, 15) is 0 Å². The van der Waals surface area contributed by atoms with E-state index in [2.05, 4.69) is 27.4 Å². The van der Waals surface area contributed by atoms with Crippen molar-refractivity contribution in [2.75, 3.05) is 18.1 Å². The zero-order valence-electron chi connectivity index (χ0n) is 12.2. The van der Waals surface area contributed by atoms with E-state index in [-0.39, 0.29) is 6.10 Å². The summed E-state index contributed by atoms with van der Waals surface area (Å²) in [5.41, 5.74) is 2.04. The number of pyridine rings is 1. The quantitative estimate of drug-likeness (QED) is 0.871. The van der Waals surface area contributed by atoms with Gasteiger partial charge in [-0.3, -0.25) is 0 Å². The maximum atomic E-state index is 5.88. The Bertz CT molecular complexity index is 615. The van der Waals surface area contributed by atoms with Crippen LogP contribution in [0.25, 0.3) is 11.2 Å². The SMILES string of the molecule is c1cnc2c(c1)nc(C1CCCO1)n2CC1CCSCC1. The van der Waals surface area contributed by atoms with Crippen LogP contribution in [-0.4, -0.2) is 32.6 Å². The van der Waals surface area contributed by atoms with Gasteiger partial charge in [0.1, 0.15) is 17.4 Å². The normalized spacial score (nSPS) is 23.9. The molecule has 4 rings (SSSR count). The Labute approximate surface area is 129 Å². The maximum absolute atomic E-state index is 5.88. The van der Waals surface area contributed by atoms with E-state index in [0.29, 0.717) is 0 Å². The Morgan fingerprint density at radius 3 is 3.00 bits per heavy atom. The summed E-state index contributed by atoms with van der Waals surface area (Å²) < 4.78 is 8.22. The molecule has 0 radical (unpaired) electrons. The molecular weight excluding hydrogens is 282 g/mol. The lowest BCUT2D eigenvalue weighted by atomic mass is 10.0. The van der Waals surface area contributed by atoms with Gasteiger partial charge in [0, 0.05) is 19.3 Å². The third-order valence-electron chi connectivity index (χ3n) is 4.53.